The molecule has 0 saturated carbocycles. The Kier molecular flexibility index (Phi) is 4.31. The summed E-state index contributed by atoms with van der Waals surface area (Å²) in [4.78, 5) is 24.1. The van der Waals surface area contributed by atoms with Crippen molar-refractivity contribution in [2.24, 2.45) is 5.41 Å². The van der Waals surface area contributed by atoms with Gasteiger partial charge in [-0.15, -0.1) is 0 Å². The zero-order valence-corrected chi connectivity index (χ0v) is 12.8. The molecule has 1 N–H and O–H groups in total. The van der Waals surface area contributed by atoms with Crippen molar-refractivity contribution in [1.29, 1.82) is 0 Å². The summed E-state index contributed by atoms with van der Waals surface area (Å²) in [5, 5.41) is 10.2. The van der Waals surface area contributed by atoms with Gasteiger partial charge in [-0.2, -0.15) is 0 Å². The van der Waals surface area contributed by atoms with Gasteiger partial charge in [-0.1, -0.05) is 30.3 Å². The molecule has 0 fully saturated rings. The van der Waals surface area contributed by atoms with Gasteiger partial charge in [0.25, 0.3) is 0 Å². The predicted octanol–water partition coefficient (Wildman–Crippen LogP) is 3.22. The van der Waals surface area contributed by atoms with Gasteiger partial charge in [0.2, 0.25) is 0 Å². The van der Waals surface area contributed by atoms with Gasteiger partial charge in [-0.3, -0.25) is 9.59 Å². The van der Waals surface area contributed by atoms with Crippen LogP contribution in [0.25, 0.3) is 6.08 Å². The number of hydrogen-bond acceptors (Lipinski definition) is 4. The molecular weight excluding hydrogens is 280 g/mol. The first-order valence-electron chi connectivity index (χ1n) is 6.88. The topological polar surface area (TPSA) is 63.6 Å². The fraction of sp³-hybridized carbons (Fsp3) is 0.222. The van der Waals surface area contributed by atoms with Crippen molar-refractivity contribution >= 4 is 18.1 Å². The Morgan fingerprint density at radius 2 is 1.86 bits per heavy atom. The van der Waals surface area contributed by atoms with E-state index in [0.29, 0.717) is 12.0 Å². The standard InChI is InChI=1S/C18H18O4/c1-18(2)15(22-3)10-14(20)16(17(18)21)13(11-19)9-12-7-5-4-6-8-12/h4-11,20H,1-3H3/b13-9+. The molecule has 0 heterocycles. The quantitative estimate of drug-likeness (QED) is 0.685. The van der Waals surface area contributed by atoms with E-state index in [4.69, 9.17) is 4.74 Å². The number of carbonyl (C=O) groups is 2. The second kappa shape index (κ2) is 6.02. The Morgan fingerprint density at radius 1 is 1.23 bits per heavy atom. The van der Waals surface area contributed by atoms with Crippen molar-refractivity contribution in [3.63, 3.8) is 0 Å². The number of benzene rings is 1. The van der Waals surface area contributed by atoms with Gasteiger partial charge in [-0.25, -0.2) is 0 Å². The fourth-order valence-electron chi connectivity index (χ4n) is 2.40. The molecule has 1 aliphatic rings. The van der Waals surface area contributed by atoms with Crippen LogP contribution < -0.4 is 0 Å². The van der Waals surface area contributed by atoms with Crippen molar-refractivity contribution in [2.45, 2.75) is 13.8 Å². The molecule has 2 rings (SSSR count). The van der Waals surface area contributed by atoms with Crippen LogP contribution >= 0.6 is 0 Å². The summed E-state index contributed by atoms with van der Waals surface area (Å²) in [5.74, 6) is -0.238. The summed E-state index contributed by atoms with van der Waals surface area (Å²) in [5.41, 5.74) is 0.00427. The smallest absolute Gasteiger partial charge is 0.180 e. The second-order valence-electron chi connectivity index (χ2n) is 5.56. The number of ketones is 1. The van der Waals surface area contributed by atoms with Crippen LogP contribution in [-0.2, 0) is 14.3 Å². The van der Waals surface area contributed by atoms with E-state index in [1.165, 1.54) is 13.2 Å². The van der Waals surface area contributed by atoms with E-state index in [2.05, 4.69) is 0 Å². The molecule has 0 spiro atoms. The number of aldehydes is 1. The maximum atomic E-state index is 12.7. The molecule has 0 atom stereocenters. The van der Waals surface area contributed by atoms with Gasteiger partial charge >= 0.3 is 0 Å². The number of aliphatic hydroxyl groups is 1. The number of rotatable bonds is 4. The van der Waals surface area contributed by atoms with Crippen LogP contribution in [0, 0.1) is 5.41 Å². The average molecular weight is 298 g/mol. The normalized spacial score (nSPS) is 18.0. The van der Waals surface area contributed by atoms with E-state index in [0.717, 1.165) is 5.56 Å². The Balaban J connectivity index is 2.58. The van der Waals surface area contributed by atoms with Gasteiger partial charge in [0.05, 0.1) is 18.1 Å². The molecule has 0 saturated heterocycles. The molecule has 0 aliphatic heterocycles. The zero-order chi connectivity index (χ0) is 16.3. The molecule has 0 unspecified atom stereocenters. The molecule has 4 heteroatoms. The van der Waals surface area contributed by atoms with Gasteiger partial charge in [-0.05, 0) is 25.5 Å². The number of methoxy groups -OCH3 is 1. The third-order valence-electron chi connectivity index (χ3n) is 3.69. The van der Waals surface area contributed by atoms with E-state index < -0.39 is 5.41 Å². The van der Waals surface area contributed by atoms with E-state index in [9.17, 15) is 14.7 Å². The highest BCUT2D eigenvalue weighted by molar-refractivity contribution is 6.13. The largest absolute Gasteiger partial charge is 0.507 e. The first-order chi connectivity index (χ1) is 10.4. The molecule has 114 valence electrons. The van der Waals surface area contributed by atoms with Crippen LogP contribution in [0.4, 0.5) is 0 Å². The van der Waals surface area contributed by atoms with Gasteiger partial charge < -0.3 is 9.84 Å². The van der Waals surface area contributed by atoms with E-state index >= 15 is 0 Å². The minimum absolute atomic E-state index is 0.0182. The lowest BCUT2D eigenvalue weighted by Gasteiger charge is -2.30. The lowest BCUT2D eigenvalue weighted by Crippen LogP contribution is -2.33. The maximum Gasteiger partial charge on any atom is 0.180 e. The molecule has 0 aromatic heterocycles. The number of ether oxygens (including phenoxy) is 1. The Morgan fingerprint density at radius 3 is 2.41 bits per heavy atom. The van der Waals surface area contributed by atoms with Gasteiger partial charge in [0.15, 0.2) is 12.1 Å². The Bertz CT molecular complexity index is 691. The van der Waals surface area contributed by atoms with Crippen molar-refractivity contribution in [3.05, 3.63) is 64.6 Å². The number of Topliss-reactive ketones (excluding diaryl/α,β-unsaturated/α-hetero) is 1. The van der Waals surface area contributed by atoms with Crippen LogP contribution in [0.2, 0.25) is 0 Å². The summed E-state index contributed by atoms with van der Waals surface area (Å²) >= 11 is 0. The fourth-order valence-corrected chi connectivity index (χ4v) is 2.40. The van der Waals surface area contributed by atoms with Crippen LogP contribution in [0.3, 0.4) is 0 Å². The molecule has 1 aromatic carbocycles. The van der Waals surface area contributed by atoms with Crippen LogP contribution in [0.1, 0.15) is 19.4 Å². The number of hydrogen-bond donors (Lipinski definition) is 1. The molecule has 0 amide bonds. The van der Waals surface area contributed by atoms with E-state index in [-0.39, 0.29) is 22.7 Å². The summed E-state index contributed by atoms with van der Waals surface area (Å²) in [6.07, 6.45) is 3.55. The van der Waals surface area contributed by atoms with Crippen molar-refractivity contribution < 1.29 is 19.4 Å². The van der Waals surface area contributed by atoms with Crippen LogP contribution in [0.5, 0.6) is 0 Å². The molecule has 1 aliphatic carbocycles. The SMILES string of the molecule is COC1=CC(O)=C(/C(C=O)=C/c2ccccc2)C(=O)C1(C)C. The number of aliphatic hydroxyl groups excluding tert-OH is 1. The lowest BCUT2D eigenvalue weighted by atomic mass is 9.76. The molecule has 1 aromatic rings. The number of carbonyl (C=O) groups excluding carboxylic acids is 2. The minimum atomic E-state index is -0.935. The minimum Gasteiger partial charge on any atom is -0.507 e. The average Bonchev–Trinajstić information content (AvgIpc) is 2.51. The van der Waals surface area contributed by atoms with Crippen molar-refractivity contribution in [1.82, 2.24) is 0 Å². The van der Waals surface area contributed by atoms with Gasteiger partial charge in [0, 0.05) is 11.6 Å². The summed E-state index contributed by atoms with van der Waals surface area (Å²) < 4.78 is 5.17. The third-order valence-corrected chi connectivity index (χ3v) is 3.69. The summed E-state index contributed by atoms with van der Waals surface area (Å²) in [6.45, 7) is 3.39. The molecule has 0 bridgehead atoms. The number of allylic oxidation sites excluding steroid dienone is 4. The first-order valence-corrected chi connectivity index (χ1v) is 6.88. The first kappa shape index (κ1) is 15.8. The third kappa shape index (κ3) is 2.72. The molecule has 0 radical (unpaired) electrons. The zero-order valence-electron chi connectivity index (χ0n) is 12.8. The highest BCUT2D eigenvalue weighted by Crippen LogP contribution is 2.38. The Labute approximate surface area is 129 Å². The Hall–Kier alpha value is -2.62. The maximum absolute atomic E-state index is 12.7. The molecular formula is C18H18O4. The van der Waals surface area contributed by atoms with Gasteiger partial charge in [0.1, 0.15) is 11.5 Å². The molecule has 4 nitrogen and oxygen atoms in total. The summed E-state index contributed by atoms with van der Waals surface area (Å²) in [7, 11) is 1.44. The highest BCUT2D eigenvalue weighted by atomic mass is 16.5. The lowest BCUT2D eigenvalue weighted by molar-refractivity contribution is -0.123. The predicted molar refractivity (Wildman–Crippen MR) is 84.0 cm³/mol. The van der Waals surface area contributed by atoms with Crippen LogP contribution in [-0.4, -0.2) is 24.3 Å². The summed E-state index contributed by atoms with van der Waals surface area (Å²) in [6, 6.07) is 9.15. The van der Waals surface area contributed by atoms with Crippen molar-refractivity contribution in [2.75, 3.05) is 7.11 Å². The van der Waals surface area contributed by atoms with E-state index in [1.807, 2.05) is 30.3 Å². The van der Waals surface area contributed by atoms with Crippen LogP contribution in [0.15, 0.2) is 59.1 Å². The second-order valence-corrected chi connectivity index (χ2v) is 5.56. The van der Waals surface area contributed by atoms with E-state index in [1.54, 1.807) is 19.9 Å². The highest BCUT2D eigenvalue weighted by Gasteiger charge is 2.41. The molecule has 22 heavy (non-hydrogen) atoms. The van der Waals surface area contributed by atoms with Crippen molar-refractivity contribution in [3.8, 4) is 0 Å². The monoisotopic (exact) mass is 298 g/mol.